The summed E-state index contributed by atoms with van der Waals surface area (Å²) in [6, 6.07) is 10.3. The van der Waals surface area contributed by atoms with Gasteiger partial charge in [-0.25, -0.2) is 9.64 Å². The Labute approximate surface area is 205 Å². The van der Waals surface area contributed by atoms with Crippen LogP contribution in [0.4, 0.5) is 4.39 Å². The van der Waals surface area contributed by atoms with Gasteiger partial charge in [-0.15, -0.1) is 0 Å². The van der Waals surface area contributed by atoms with Gasteiger partial charge in [-0.2, -0.15) is 0 Å². The number of pyridine rings is 1. The molecule has 5 nitrogen and oxygen atoms in total. The Morgan fingerprint density at radius 2 is 1.97 bits per heavy atom. The van der Waals surface area contributed by atoms with Crippen LogP contribution in [0.5, 0.6) is 0 Å². The first-order chi connectivity index (χ1) is 16.0. The van der Waals surface area contributed by atoms with Gasteiger partial charge in [0.15, 0.2) is 0 Å². The molecule has 0 bridgehead atoms. The standard InChI is InChI=1S/C26H26FNO3.CH4.ClH2N/c1-15-25-23(22-10-8-21(29)12-18(22)13-24(25)26(30)31-15)9-7-20-6-5-17(14-28-20)16-3-2-4-19(27)11-16;;1-2/h2-7,9,11,14-15,18,22-25H,8,10,12-13H2,1H3;1H4;2H2/b9-7+;;/t15-,18+,22-,23+,24-,25+;;/m1../s1. The molecule has 0 spiro atoms. The van der Waals surface area contributed by atoms with E-state index in [0.29, 0.717) is 24.5 Å². The number of nitrogens with zero attached hydrogens (tertiary/aromatic N) is 1. The maximum absolute atomic E-state index is 13.5. The molecule has 2 N–H and O–H groups in total. The Morgan fingerprint density at radius 1 is 1.18 bits per heavy atom. The van der Waals surface area contributed by atoms with Gasteiger partial charge in [0.05, 0.1) is 11.6 Å². The second kappa shape index (κ2) is 11.2. The molecule has 3 aliphatic rings. The van der Waals surface area contributed by atoms with Crippen LogP contribution in [0.2, 0.25) is 0 Å². The van der Waals surface area contributed by atoms with E-state index in [-0.39, 0.29) is 49.0 Å². The topological polar surface area (TPSA) is 82.3 Å². The SMILES string of the molecule is C.C[C@H]1OC(=O)[C@@H]2C[C@@H]3CC(=O)CC[C@H]3[C@H](/C=C/c3ccc(-c4cccc(F)c4)cn3)[C@H]12.NCl. The van der Waals surface area contributed by atoms with Gasteiger partial charge in [-0.05, 0) is 79.1 Å². The number of cyclic esters (lactones) is 1. The zero-order chi connectivity index (χ0) is 23.5. The van der Waals surface area contributed by atoms with Crippen LogP contribution in [0, 0.1) is 35.4 Å². The minimum Gasteiger partial charge on any atom is -0.462 e. The number of nitrogens with two attached hydrogens (primary N) is 1. The van der Waals surface area contributed by atoms with Crippen LogP contribution in [-0.4, -0.2) is 22.8 Å². The smallest absolute Gasteiger partial charge is 0.309 e. The third-order valence-electron chi connectivity index (χ3n) is 7.39. The van der Waals surface area contributed by atoms with Crippen molar-refractivity contribution < 1.29 is 18.7 Å². The lowest BCUT2D eigenvalue weighted by molar-refractivity contribution is -0.144. The van der Waals surface area contributed by atoms with E-state index < -0.39 is 0 Å². The van der Waals surface area contributed by atoms with E-state index in [1.807, 2.05) is 31.2 Å². The number of allylic oxidation sites excluding steroid dienone is 1. The van der Waals surface area contributed by atoms with E-state index in [0.717, 1.165) is 29.7 Å². The monoisotopic (exact) mass is 486 g/mol. The third-order valence-corrected chi connectivity index (χ3v) is 7.39. The Kier molecular flexibility index (Phi) is 8.61. The fourth-order valence-corrected chi connectivity index (χ4v) is 5.98. The van der Waals surface area contributed by atoms with Gasteiger partial charge in [0.1, 0.15) is 17.7 Å². The van der Waals surface area contributed by atoms with E-state index in [4.69, 9.17) is 4.74 Å². The number of rotatable bonds is 3. The van der Waals surface area contributed by atoms with Crippen molar-refractivity contribution in [2.24, 2.45) is 34.8 Å². The molecular weight excluding hydrogens is 455 g/mol. The maximum Gasteiger partial charge on any atom is 0.309 e. The zero-order valence-corrected chi connectivity index (χ0v) is 19.2. The number of hydrogen-bond acceptors (Lipinski definition) is 5. The van der Waals surface area contributed by atoms with Crippen LogP contribution in [0.25, 0.3) is 17.2 Å². The Balaban J connectivity index is 0.00000105. The molecule has 34 heavy (non-hydrogen) atoms. The van der Waals surface area contributed by atoms with E-state index >= 15 is 0 Å². The van der Waals surface area contributed by atoms with Crippen molar-refractivity contribution >= 4 is 29.6 Å². The van der Waals surface area contributed by atoms with E-state index in [9.17, 15) is 14.0 Å². The number of carbonyl (C=O) groups excluding carboxylic acids is 2. The number of hydrogen-bond donors (Lipinski definition) is 1. The summed E-state index contributed by atoms with van der Waals surface area (Å²) in [5, 5.41) is 3.97. The summed E-state index contributed by atoms with van der Waals surface area (Å²) in [5.74, 6) is 0.850. The normalized spacial score (nSPS) is 29.9. The van der Waals surface area contributed by atoms with E-state index in [1.165, 1.54) is 12.1 Å². The summed E-state index contributed by atoms with van der Waals surface area (Å²) in [4.78, 5) is 29.0. The van der Waals surface area contributed by atoms with Crippen molar-refractivity contribution in [2.75, 3.05) is 0 Å². The second-order valence-electron chi connectivity index (χ2n) is 9.19. The highest BCUT2D eigenvalue weighted by Gasteiger charge is 2.54. The van der Waals surface area contributed by atoms with Crippen molar-refractivity contribution in [1.82, 2.24) is 4.98 Å². The lowest BCUT2D eigenvalue weighted by Crippen LogP contribution is -2.44. The van der Waals surface area contributed by atoms with E-state index in [2.05, 4.69) is 28.1 Å². The molecule has 1 aromatic carbocycles. The van der Waals surface area contributed by atoms with Crippen LogP contribution < -0.4 is 5.25 Å². The molecule has 2 heterocycles. The summed E-state index contributed by atoms with van der Waals surface area (Å²) in [7, 11) is 0. The third kappa shape index (κ3) is 5.23. The molecule has 2 saturated carbocycles. The van der Waals surface area contributed by atoms with Crippen molar-refractivity contribution in [3.8, 4) is 11.1 Å². The lowest BCUT2D eigenvalue weighted by Gasteiger charge is -2.45. The van der Waals surface area contributed by atoms with Crippen LogP contribution >= 0.6 is 11.8 Å². The molecule has 182 valence electrons. The van der Waals surface area contributed by atoms with Crippen molar-refractivity contribution in [3.05, 3.63) is 60.2 Å². The van der Waals surface area contributed by atoms with Crippen LogP contribution in [0.3, 0.4) is 0 Å². The molecule has 6 atom stereocenters. The van der Waals surface area contributed by atoms with E-state index in [1.54, 1.807) is 12.3 Å². The van der Waals surface area contributed by atoms with Gasteiger partial charge in [0.2, 0.25) is 0 Å². The predicted molar refractivity (Wildman–Crippen MR) is 132 cm³/mol. The molecule has 5 rings (SSSR count). The van der Waals surface area contributed by atoms with Gasteiger partial charge < -0.3 is 4.74 Å². The number of Topliss-reactive ketones (excluding diaryl/α,β-unsaturated/α-hetero) is 1. The summed E-state index contributed by atoms with van der Waals surface area (Å²) < 4.78 is 19.1. The maximum atomic E-state index is 13.5. The second-order valence-corrected chi connectivity index (χ2v) is 9.19. The molecule has 0 amide bonds. The zero-order valence-electron chi connectivity index (χ0n) is 18.5. The molecule has 7 heteroatoms. The number of ether oxygens (including phenoxy) is 1. The highest BCUT2D eigenvalue weighted by molar-refractivity contribution is 6.11. The predicted octanol–water partition coefficient (Wildman–Crippen LogP) is 5.82. The van der Waals surface area contributed by atoms with Gasteiger partial charge >= 0.3 is 5.97 Å². The fraction of sp³-hybridized carbons (Fsp3) is 0.444. The van der Waals surface area contributed by atoms with Crippen LogP contribution in [0.1, 0.15) is 45.7 Å². The highest BCUT2D eigenvalue weighted by atomic mass is 35.5. The average molecular weight is 487 g/mol. The number of aromatic nitrogens is 1. The lowest BCUT2D eigenvalue weighted by atomic mass is 9.57. The molecule has 2 aromatic rings. The molecule has 1 saturated heterocycles. The fourth-order valence-electron chi connectivity index (χ4n) is 5.98. The number of ketones is 1. The quantitative estimate of drug-likeness (QED) is 0.436. The van der Waals surface area contributed by atoms with Crippen LogP contribution in [0.15, 0.2) is 48.7 Å². The molecule has 0 radical (unpaired) electrons. The summed E-state index contributed by atoms with van der Waals surface area (Å²) in [6.07, 6.45) is 8.73. The highest BCUT2D eigenvalue weighted by Crippen LogP contribution is 2.53. The average Bonchev–Trinajstić information content (AvgIpc) is 3.11. The molecule has 2 aliphatic carbocycles. The van der Waals surface area contributed by atoms with Gasteiger partial charge in [-0.1, -0.05) is 31.7 Å². The first kappa shape index (κ1) is 26.0. The summed E-state index contributed by atoms with van der Waals surface area (Å²) in [6.45, 7) is 1.99. The van der Waals surface area contributed by atoms with Gasteiger partial charge in [0.25, 0.3) is 0 Å². The first-order valence-corrected chi connectivity index (χ1v) is 11.8. The van der Waals surface area contributed by atoms with Crippen LogP contribution in [-0.2, 0) is 14.3 Å². The largest absolute Gasteiger partial charge is 0.462 e. The van der Waals surface area contributed by atoms with Crippen molar-refractivity contribution in [1.29, 1.82) is 0 Å². The van der Waals surface area contributed by atoms with Gasteiger partial charge in [-0.3, -0.25) is 14.6 Å². The Hall–Kier alpha value is -2.57. The minimum atomic E-state index is -0.267. The summed E-state index contributed by atoms with van der Waals surface area (Å²) >= 11 is 4.14. The number of esters is 1. The molecule has 1 aromatic heterocycles. The molecular formula is C27H32ClFN2O3. The van der Waals surface area contributed by atoms with Crippen molar-refractivity contribution in [2.45, 2.75) is 46.1 Å². The Bertz CT molecular complexity index is 1040. The number of benzene rings is 1. The molecule has 0 unspecified atom stereocenters. The Morgan fingerprint density at radius 3 is 2.68 bits per heavy atom. The first-order valence-electron chi connectivity index (χ1n) is 11.3. The minimum absolute atomic E-state index is 0. The molecule has 3 fully saturated rings. The molecule has 1 aliphatic heterocycles. The number of fused-ring (bicyclic) bond motifs is 2. The summed E-state index contributed by atoms with van der Waals surface area (Å²) in [5.41, 5.74) is 2.48. The number of halogens is 2. The van der Waals surface area contributed by atoms with Gasteiger partial charge in [0, 0.05) is 30.5 Å². The number of carbonyl (C=O) groups is 2. The van der Waals surface area contributed by atoms with Crippen molar-refractivity contribution in [3.63, 3.8) is 0 Å².